The Balaban J connectivity index is 1.86. The van der Waals surface area contributed by atoms with Gasteiger partial charge in [-0.25, -0.2) is 0 Å². The maximum absolute atomic E-state index is 10.4. The molecule has 0 heterocycles. The fraction of sp³-hybridized carbons (Fsp3) is 0.714. The maximum atomic E-state index is 10.4. The molecule has 3 aliphatic rings. The summed E-state index contributed by atoms with van der Waals surface area (Å²) in [6, 6.07) is 0. The van der Waals surface area contributed by atoms with E-state index in [4.69, 9.17) is 0 Å². The molecular formula is C21H32O3. The van der Waals surface area contributed by atoms with Crippen LogP contribution in [0.25, 0.3) is 0 Å². The lowest BCUT2D eigenvalue weighted by Crippen LogP contribution is -2.42. The Kier molecular flexibility index (Phi) is 5.06. The Hall–Kier alpha value is -0.900. The smallest absolute Gasteiger partial charge is 0.0583 e. The standard InChI is InChI=1S/C21H32O3/c1-13-4-7-17(23)10-15(13)5-6-16-11-18(24)12-21(3)19(14(2)22)8-9-20(16)21/h5-6,14,17-20,22-24H,1,4,7-12H2,2-3H3/b15-5-,16-6+/t14-,17+,18-,19-,20+,21-/m1/s1. The number of fused-ring (bicyclic) bond motifs is 1. The van der Waals surface area contributed by atoms with Gasteiger partial charge < -0.3 is 15.3 Å². The van der Waals surface area contributed by atoms with Crippen LogP contribution in [-0.4, -0.2) is 33.6 Å². The summed E-state index contributed by atoms with van der Waals surface area (Å²) in [6.07, 6.45) is 9.39. The van der Waals surface area contributed by atoms with Crippen molar-refractivity contribution < 1.29 is 15.3 Å². The summed E-state index contributed by atoms with van der Waals surface area (Å²) in [5, 5.41) is 30.5. The van der Waals surface area contributed by atoms with Gasteiger partial charge in [0, 0.05) is 0 Å². The average Bonchev–Trinajstić information content (AvgIpc) is 2.84. The van der Waals surface area contributed by atoms with Crippen LogP contribution in [0.15, 0.2) is 35.5 Å². The van der Waals surface area contributed by atoms with Gasteiger partial charge in [-0.2, -0.15) is 0 Å². The quantitative estimate of drug-likeness (QED) is 0.725. The molecule has 3 rings (SSSR count). The number of allylic oxidation sites excluding steroid dienone is 3. The number of rotatable bonds is 2. The molecule has 3 nitrogen and oxygen atoms in total. The van der Waals surface area contributed by atoms with E-state index in [0.29, 0.717) is 12.3 Å². The molecule has 0 bridgehead atoms. The molecule has 0 saturated heterocycles. The Morgan fingerprint density at radius 3 is 2.58 bits per heavy atom. The third kappa shape index (κ3) is 3.26. The van der Waals surface area contributed by atoms with Crippen molar-refractivity contribution in [1.82, 2.24) is 0 Å². The first-order chi connectivity index (χ1) is 11.3. The van der Waals surface area contributed by atoms with Crippen LogP contribution in [0.2, 0.25) is 0 Å². The summed E-state index contributed by atoms with van der Waals surface area (Å²) in [6.45, 7) is 8.26. The van der Waals surface area contributed by atoms with Crippen molar-refractivity contribution in [2.45, 2.75) is 77.1 Å². The van der Waals surface area contributed by atoms with E-state index in [0.717, 1.165) is 49.7 Å². The van der Waals surface area contributed by atoms with Crippen molar-refractivity contribution in [1.29, 1.82) is 0 Å². The Labute approximate surface area is 145 Å². The number of aliphatic hydroxyl groups excluding tert-OH is 3. The van der Waals surface area contributed by atoms with Gasteiger partial charge in [0.05, 0.1) is 18.3 Å². The lowest BCUT2D eigenvalue weighted by molar-refractivity contribution is -0.0110. The molecule has 0 unspecified atom stereocenters. The molecule has 0 aliphatic heterocycles. The molecule has 0 aromatic heterocycles. The highest BCUT2D eigenvalue weighted by Gasteiger charge is 2.52. The first kappa shape index (κ1) is 17.9. The molecular weight excluding hydrogens is 300 g/mol. The zero-order chi connectivity index (χ0) is 17.5. The second-order valence-electron chi connectivity index (χ2n) is 8.48. The van der Waals surface area contributed by atoms with Gasteiger partial charge >= 0.3 is 0 Å². The molecule has 6 atom stereocenters. The Morgan fingerprint density at radius 1 is 1.12 bits per heavy atom. The summed E-state index contributed by atoms with van der Waals surface area (Å²) in [4.78, 5) is 0. The SMILES string of the molecule is C=C1CC[C@H](O)C/C1=C/C=C1\C[C@@H](O)C[C@]2(C)[C@@H]([C@@H](C)O)CC[C@@H]12. The molecule has 3 N–H and O–H groups in total. The van der Waals surface area contributed by atoms with Gasteiger partial charge in [-0.1, -0.05) is 36.8 Å². The lowest BCUT2D eigenvalue weighted by Gasteiger charge is -2.45. The molecule has 24 heavy (non-hydrogen) atoms. The van der Waals surface area contributed by atoms with E-state index in [9.17, 15) is 15.3 Å². The van der Waals surface area contributed by atoms with Gasteiger partial charge in [-0.3, -0.25) is 0 Å². The Morgan fingerprint density at radius 2 is 1.88 bits per heavy atom. The van der Waals surface area contributed by atoms with E-state index in [1.54, 1.807) is 0 Å². The Bertz CT molecular complexity index is 559. The molecule has 3 saturated carbocycles. The van der Waals surface area contributed by atoms with Gasteiger partial charge in [0.25, 0.3) is 0 Å². The zero-order valence-electron chi connectivity index (χ0n) is 15.0. The van der Waals surface area contributed by atoms with Crippen LogP contribution in [-0.2, 0) is 0 Å². The number of hydrogen-bond acceptors (Lipinski definition) is 3. The fourth-order valence-corrected chi connectivity index (χ4v) is 5.53. The highest BCUT2D eigenvalue weighted by molar-refractivity contribution is 5.36. The van der Waals surface area contributed by atoms with E-state index in [1.165, 1.54) is 5.57 Å². The monoisotopic (exact) mass is 332 g/mol. The molecule has 3 heteroatoms. The second-order valence-corrected chi connectivity index (χ2v) is 8.48. The summed E-state index contributed by atoms with van der Waals surface area (Å²) < 4.78 is 0. The minimum absolute atomic E-state index is 0.0146. The van der Waals surface area contributed by atoms with Crippen molar-refractivity contribution in [2.75, 3.05) is 0 Å². The number of hydrogen-bond donors (Lipinski definition) is 3. The van der Waals surface area contributed by atoms with Crippen LogP contribution < -0.4 is 0 Å². The lowest BCUT2D eigenvalue weighted by atomic mass is 9.61. The van der Waals surface area contributed by atoms with Crippen LogP contribution in [0.3, 0.4) is 0 Å². The van der Waals surface area contributed by atoms with Crippen LogP contribution in [0.4, 0.5) is 0 Å². The van der Waals surface area contributed by atoms with Crippen molar-refractivity contribution in [3.8, 4) is 0 Å². The van der Waals surface area contributed by atoms with Gasteiger partial charge in [0.1, 0.15) is 0 Å². The van der Waals surface area contributed by atoms with Crippen molar-refractivity contribution in [2.24, 2.45) is 17.3 Å². The fourth-order valence-electron chi connectivity index (χ4n) is 5.53. The van der Waals surface area contributed by atoms with E-state index in [1.807, 2.05) is 6.92 Å². The first-order valence-electron chi connectivity index (χ1n) is 9.43. The number of aliphatic hydroxyl groups is 3. The van der Waals surface area contributed by atoms with E-state index in [-0.39, 0.29) is 29.6 Å². The molecule has 134 valence electrons. The van der Waals surface area contributed by atoms with Crippen molar-refractivity contribution in [3.63, 3.8) is 0 Å². The van der Waals surface area contributed by atoms with Crippen LogP contribution in [0, 0.1) is 17.3 Å². The minimum atomic E-state index is -0.324. The molecule has 0 aromatic carbocycles. The van der Waals surface area contributed by atoms with E-state index in [2.05, 4.69) is 25.7 Å². The van der Waals surface area contributed by atoms with Gasteiger partial charge in [-0.15, -0.1) is 0 Å². The highest BCUT2D eigenvalue weighted by atomic mass is 16.3. The summed E-state index contributed by atoms with van der Waals surface area (Å²) in [7, 11) is 0. The van der Waals surface area contributed by atoms with Crippen molar-refractivity contribution >= 4 is 0 Å². The first-order valence-corrected chi connectivity index (χ1v) is 9.43. The molecule has 0 radical (unpaired) electrons. The van der Waals surface area contributed by atoms with Crippen LogP contribution in [0.1, 0.15) is 58.8 Å². The third-order valence-corrected chi connectivity index (χ3v) is 6.77. The van der Waals surface area contributed by atoms with E-state index >= 15 is 0 Å². The van der Waals surface area contributed by atoms with Gasteiger partial charge in [0.15, 0.2) is 0 Å². The largest absolute Gasteiger partial charge is 0.393 e. The van der Waals surface area contributed by atoms with Crippen LogP contribution >= 0.6 is 0 Å². The van der Waals surface area contributed by atoms with Crippen molar-refractivity contribution in [3.05, 3.63) is 35.5 Å². The maximum Gasteiger partial charge on any atom is 0.0583 e. The summed E-state index contributed by atoms with van der Waals surface area (Å²) in [5.74, 6) is 0.708. The highest BCUT2D eigenvalue weighted by Crippen LogP contribution is 2.58. The molecule has 0 aromatic rings. The predicted octanol–water partition coefficient (Wildman–Crippen LogP) is 3.51. The van der Waals surface area contributed by atoms with Crippen LogP contribution in [0.5, 0.6) is 0 Å². The average molecular weight is 332 g/mol. The molecule has 0 spiro atoms. The van der Waals surface area contributed by atoms with E-state index < -0.39 is 0 Å². The molecule has 3 aliphatic carbocycles. The minimum Gasteiger partial charge on any atom is -0.393 e. The van der Waals surface area contributed by atoms with Gasteiger partial charge in [-0.05, 0) is 74.7 Å². The second kappa shape index (κ2) is 6.78. The topological polar surface area (TPSA) is 60.7 Å². The summed E-state index contributed by atoms with van der Waals surface area (Å²) in [5.41, 5.74) is 3.57. The summed E-state index contributed by atoms with van der Waals surface area (Å²) >= 11 is 0. The molecule has 0 amide bonds. The third-order valence-electron chi connectivity index (χ3n) is 6.77. The predicted molar refractivity (Wildman–Crippen MR) is 96.4 cm³/mol. The molecule has 3 fully saturated rings. The van der Waals surface area contributed by atoms with Gasteiger partial charge in [0.2, 0.25) is 0 Å². The normalized spacial score (nSPS) is 44.8. The zero-order valence-corrected chi connectivity index (χ0v) is 15.0.